The number of fused-ring (bicyclic) bond motifs is 3. The number of nitrogen functional groups attached to an aromatic ring is 1. The molecule has 1 amide bonds. The van der Waals surface area contributed by atoms with E-state index >= 15 is 0 Å². The number of aromatic nitrogens is 5. The number of piperidine rings is 1. The first-order chi connectivity index (χ1) is 15.7. The topological polar surface area (TPSA) is 124 Å². The van der Waals surface area contributed by atoms with Gasteiger partial charge in [-0.05, 0) is 49.6 Å². The lowest BCUT2D eigenvalue weighted by molar-refractivity contribution is 0.102. The summed E-state index contributed by atoms with van der Waals surface area (Å²) in [7, 11) is 0. The first kappa shape index (κ1) is 21.3. The highest BCUT2D eigenvalue weighted by atomic mass is 35.5. The van der Waals surface area contributed by atoms with Crippen molar-refractivity contribution in [1.82, 2.24) is 30.0 Å². The Kier molecular flexibility index (Phi) is 5.43. The van der Waals surface area contributed by atoms with Crippen molar-refractivity contribution >= 4 is 41.0 Å². The lowest BCUT2D eigenvalue weighted by Crippen LogP contribution is -2.35. The number of nitrogens with one attached hydrogen (secondary N) is 2. The molecular formula is C23H23ClN8O. The maximum absolute atomic E-state index is 12.6. The molecule has 4 heterocycles. The summed E-state index contributed by atoms with van der Waals surface area (Å²) in [5, 5.41) is 12.1. The van der Waals surface area contributed by atoms with E-state index in [0.717, 1.165) is 35.3 Å². The minimum atomic E-state index is -0.221. The zero-order chi connectivity index (χ0) is 21.7. The average molecular weight is 463 g/mol. The normalized spacial score (nSPS) is 21.2. The molecule has 168 valence electrons. The molecule has 9 nitrogen and oxygen atoms in total. The predicted molar refractivity (Wildman–Crippen MR) is 128 cm³/mol. The Morgan fingerprint density at radius 2 is 1.94 bits per heavy atom. The molecule has 2 bridgehead atoms. The molecule has 1 saturated heterocycles. The standard InChI is InChI=1S/C23H22N8O.ClH/c24-21-19-20(14-4-6-15(7-5-14)23(32)29-18-3-1-2-8-25-18)30-31(22(19)28-12-27-21)17-10-13-9-16(17)26-11-13;/h1-8,12-13,16-17,26H,9-11H2,(H2,24,27,28)(H,25,29,32);1H. The summed E-state index contributed by atoms with van der Waals surface area (Å²) in [5.74, 6) is 1.38. The van der Waals surface area contributed by atoms with Crippen molar-refractivity contribution in [3.63, 3.8) is 0 Å². The molecule has 10 heteroatoms. The molecule has 3 unspecified atom stereocenters. The molecule has 0 spiro atoms. The van der Waals surface area contributed by atoms with Gasteiger partial charge in [-0.1, -0.05) is 18.2 Å². The van der Waals surface area contributed by atoms with Crippen molar-refractivity contribution in [3.8, 4) is 11.3 Å². The fraction of sp³-hybridized carbons (Fsp3) is 0.261. The largest absolute Gasteiger partial charge is 0.383 e. The fourth-order valence-electron chi connectivity index (χ4n) is 4.93. The second-order valence-electron chi connectivity index (χ2n) is 8.42. The van der Waals surface area contributed by atoms with Gasteiger partial charge in [0, 0.05) is 23.4 Å². The highest BCUT2D eigenvalue weighted by Crippen LogP contribution is 2.41. The van der Waals surface area contributed by atoms with Crippen molar-refractivity contribution in [2.75, 3.05) is 17.6 Å². The molecular weight excluding hydrogens is 440 g/mol. The summed E-state index contributed by atoms with van der Waals surface area (Å²) < 4.78 is 2.02. The number of pyridine rings is 1. The van der Waals surface area contributed by atoms with Gasteiger partial charge in [-0.3, -0.25) is 4.79 Å². The van der Waals surface area contributed by atoms with Crippen LogP contribution in [0.5, 0.6) is 0 Å². The average Bonchev–Trinajstić information content (AvgIpc) is 3.55. The molecule has 2 fully saturated rings. The molecule has 2 aliphatic rings. The summed E-state index contributed by atoms with van der Waals surface area (Å²) in [6.07, 6.45) is 5.38. The van der Waals surface area contributed by atoms with Crippen LogP contribution in [-0.4, -0.2) is 43.2 Å². The molecule has 6 rings (SSSR count). The molecule has 1 aliphatic heterocycles. The number of nitrogens with zero attached hydrogens (tertiary/aromatic N) is 5. The Labute approximate surface area is 196 Å². The van der Waals surface area contributed by atoms with E-state index in [2.05, 4.69) is 25.6 Å². The zero-order valence-electron chi connectivity index (χ0n) is 17.7. The smallest absolute Gasteiger partial charge is 0.256 e. The maximum atomic E-state index is 12.6. The number of nitrogens with two attached hydrogens (primary N) is 1. The number of hydrogen-bond acceptors (Lipinski definition) is 7. The van der Waals surface area contributed by atoms with Crippen LogP contribution in [0.4, 0.5) is 11.6 Å². The van der Waals surface area contributed by atoms with E-state index in [1.165, 1.54) is 12.7 Å². The number of halogens is 1. The van der Waals surface area contributed by atoms with E-state index in [-0.39, 0.29) is 24.4 Å². The van der Waals surface area contributed by atoms with Crippen LogP contribution in [0, 0.1) is 5.92 Å². The van der Waals surface area contributed by atoms with Gasteiger partial charge in [-0.15, -0.1) is 12.4 Å². The quantitative estimate of drug-likeness (QED) is 0.425. The van der Waals surface area contributed by atoms with E-state index in [1.807, 2.05) is 22.9 Å². The van der Waals surface area contributed by atoms with Gasteiger partial charge < -0.3 is 16.4 Å². The van der Waals surface area contributed by atoms with Gasteiger partial charge >= 0.3 is 0 Å². The molecule has 0 radical (unpaired) electrons. The van der Waals surface area contributed by atoms with E-state index < -0.39 is 0 Å². The van der Waals surface area contributed by atoms with Crippen LogP contribution in [0.3, 0.4) is 0 Å². The molecule has 3 aromatic heterocycles. The van der Waals surface area contributed by atoms with Crippen LogP contribution in [0.15, 0.2) is 55.0 Å². The monoisotopic (exact) mass is 462 g/mol. The van der Waals surface area contributed by atoms with Gasteiger partial charge in [0.05, 0.1) is 11.4 Å². The first-order valence-electron chi connectivity index (χ1n) is 10.7. The Morgan fingerprint density at radius 1 is 1.09 bits per heavy atom. The molecule has 4 aromatic rings. The third-order valence-corrected chi connectivity index (χ3v) is 6.45. The lowest BCUT2D eigenvalue weighted by Gasteiger charge is -2.23. The SMILES string of the molecule is Cl.Nc1ncnc2c1c(-c1ccc(C(=O)Nc3ccccn3)cc1)nn2C1CC2CNC1C2. The van der Waals surface area contributed by atoms with E-state index in [1.54, 1.807) is 30.5 Å². The summed E-state index contributed by atoms with van der Waals surface area (Å²) in [5.41, 5.74) is 9.14. The molecule has 33 heavy (non-hydrogen) atoms. The summed E-state index contributed by atoms with van der Waals surface area (Å²) >= 11 is 0. The number of rotatable bonds is 4. The molecule has 1 aromatic carbocycles. The fourth-order valence-corrected chi connectivity index (χ4v) is 4.93. The zero-order valence-corrected chi connectivity index (χ0v) is 18.5. The van der Waals surface area contributed by atoms with Crippen LogP contribution in [0.25, 0.3) is 22.3 Å². The minimum Gasteiger partial charge on any atom is -0.383 e. The lowest BCUT2D eigenvalue weighted by atomic mass is 10.1. The van der Waals surface area contributed by atoms with Gasteiger partial charge in [0.2, 0.25) is 0 Å². The van der Waals surface area contributed by atoms with E-state index in [9.17, 15) is 4.79 Å². The third kappa shape index (κ3) is 3.69. The summed E-state index contributed by atoms with van der Waals surface area (Å²) in [6, 6.07) is 13.3. The second-order valence-corrected chi connectivity index (χ2v) is 8.42. The maximum Gasteiger partial charge on any atom is 0.256 e. The Bertz CT molecular complexity index is 1310. The van der Waals surface area contributed by atoms with Gasteiger partial charge in [-0.25, -0.2) is 19.6 Å². The van der Waals surface area contributed by atoms with Crippen LogP contribution in [0.2, 0.25) is 0 Å². The molecule has 4 N–H and O–H groups in total. The van der Waals surface area contributed by atoms with Crippen LogP contribution in [0.1, 0.15) is 29.2 Å². The minimum absolute atomic E-state index is 0. The van der Waals surface area contributed by atoms with Crippen molar-refractivity contribution in [2.24, 2.45) is 5.92 Å². The predicted octanol–water partition coefficient (Wildman–Crippen LogP) is 3.07. The van der Waals surface area contributed by atoms with Crippen LogP contribution in [-0.2, 0) is 0 Å². The second kappa shape index (κ2) is 8.42. The van der Waals surface area contributed by atoms with Crippen molar-refractivity contribution in [2.45, 2.75) is 24.9 Å². The van der Waals surface area contributed by atoms with Gasteiger partial charge in [0.25, 0.3) is 5.91 Å². The molecule has 3 atom stereocenters. The molecule has 1 saturated carbocycles. The molecule has 1 aliphatic carbocycles. The number of carbonyl (C=O) groups is 1. The van der Waals surface area contributed by atoms with E-state index in [4.69, 9.17) is 10.8 Å². The number of benzene rings is 1. The Balaban J connectivity index is 0.00000228. The third-order valence-electron chi connectivity index (χ3n) is 6.45. The first-order valence-corrected chi connectivity index (χ1v) is 10.7. The Hall–Kier alpha value is -3.56. The van der Waals surface area contributed by atoms with Crippen molar-refractivity contribution in [3.05, 3.63) is 60.6 Å². The van der Waals surface area contributed by atoms with Gasteiger partial charge in [0.1, 0.15) is 23.7 Å². The number of amides is 1. The van der Waals surface area contributed by atoms with Crippen LogP contribution >= 0.6 is 12.4 Å². The Morgan fingerprint density at radius 3 is 2.64 bits per heavy atom. The van der Waals surface area contributed by atoms with Gasteiger partial charge in [0.15, 0.2) is 5.65 Å². The number of carbonyl (C=O) groups excluding carboxylic acids is 1. The summed E-state index contributed by atoms with van der Waals surface area (Å²) in [6.45, 7) is 1.08. The van der Waals surface area contributed by atoms with Crippen molar-refractivity contribution in [1.29, 1.82) is 0 Å². The highest BCUT2D eigenvalue weighted by molar-refractivity contribution is 6.04. The van der Waals surface area contributed by atoms with Crippen molar-refractivity contribution < 1.29 is 4.79 Å². The number of anilines is 2. The van der Waals surface area contributed by atoms with Gasteiger partial charge in [-0.2, -0.15) is 5.10 Å². The van der Waals surface area contributed by atoms with E-state index in [0.29, 0.717) is 29.2 Å². The van der Waals surface area contributed by atoms with Crippen LogP contribution < -0.4 is 16.4 Å². The number of hydrogen-bond donors (Lipinski definition) is 3. The highest BCUT2D eigenvalue weighted by Gasteiger charge is 2.42. The summed E-state index contributed by atoms with van der Waals surface area (Å²) in [4.78, 5) is 25.4.